The first kappa shape index (κ1) is 15.8. The Hall–Kier alpha value is -3.45. The molecule has 5 aromatic rings. The van der Waals surface area contributed by atoms with Crippen molar-refractivity contribution < 1.29 is 4.74 Å². The Bertz CT molecular complexity index is 1270. The summed E-state index contributed by atoms with van der Waals surface area (Å²) in [6.45, 7) is 0. The molecule has 0 aliphatic carbocycles. The van der Waals surface area contributed by atoms with Crippen LogP contribution in [0.5, 0.6) is 5.75 Å². The van der Waals surface area contributed by atoms with E-state index in [1.807, 2.05) is 48.5 Å². The van der Waals surface area contributed by atoms with Crippen LogP contribution in [0.2, 0.25) is 5.02 Å². The second-order valence-corrected chi connectivity index (χ2v) is 6.33. The number of hydrogen-bond donors (Lipinski definition) is 0. The lowest BCUT2D eigenvalue weighted by Crippen LogP contribution is -1.99. The van der Waals surface area contributed by atoms with E-state index < -0.39 is 0 Å². The Kier molecular flexibility index (Phi) is 3.54. The van der Waals surface area contributed by atoms with E-state index in [-0.39, 0.29) is 0 Å². The number of ether oxygens (including phenoxy) is 1. The number of fused-ring (bicyclic) bond motifs is 3. The number of methoxy groups -OCH3 is 1. The lowest BCUT2D eigenvalue weighted by molar-refractivity contribution is 0.414. The summed E-state index contributed by atoms with van der Waals surface area (Å²) in [5.41, 5.74) is 3.03. The maximum Gasteiger partial charge on any atom is 0.183 e. The van der Waals surface area contributed by atoms with Gasteiger partial charge in [-0.1, -0.05) is 23.7 Å². The molecule has 5 rings (SSSR count). The van der Waals surface area contributed by atoms with Gasteiger partial charge in [0.15, 0.2) is 17.1 Å². The number of nitrogens with zero attached hydrogens (tertiary/aromatic N) is 6. The molecule has 0 saturated carbocycles. The van der Waals surface area contributed by atoms with Crippen LogP contribution in [0, 0.1) is 0 Å². The van der Waals surface area contributed by atoms with Crippen LogP contribution in [-0.2, 0) is 0 Å². The third-order valence-electron chi connectivity index (χ3n) is 4.34. The van der Waals surface area contributed by atoms with Crippen LogP contribution < -0.4 is 4.74 Å². The van der Waals surface area contributed by atoms with Crippen molar-refractivity contribution in [2.45, 2.75) is 0 Å². The molecule has 0 bridgehead atoms. The first-order valence-electron chi connectivity index (χ1n) is 8.23. The predicted molar refractivity (Wildman–Crippen MR) is 102 cm³/mol. The number of hydrogen-bond acceptors (Lipinski definition) is 5. The fourth-order valence-corrected chi connectivity index (χ4v) is 3.21. The standard InChI is InChI=1S/C19H13ClN6O/c1-27-13-8-6-12(7-9-13)26-18-15(10-22-26)19-23-17(24-25(19)11-21-18)14-4-2-3-5-16(14)20/h2-11H,1H3. The zero-order valence-corrected chi connectivity index (χ0v) is 15.0. The molecule has 0 atom stereocenters. The van der Waals surface area contributed by atoms with Gasteiger partial charge < -0.3 is 4.74 Å². The third kappa shape index (κ3) is 2.51. The Balaban J connectivity index is 1.67. The van der Waals surface area contributed by atoms with Gasteiger partial charge in [-0.2, -0.15) is 5.10 Å². The first-order valence-corrected chi connectivity index (χ1v) is 8.61. The van der Waals surface area contributed by atoms with E-state index in [0.717, 1.165) is 22.4 Å². The number of aromatic nitrogens is 6. The molecule has 0 N–H and O–H groups in total. The molecule has 0 radical (unpaired) electrons. The molecule has 2 aromatic carbocycles. The summed E-state index contributed by atoms with van der Waals surface area (Å²) < 4.78 is 8.61. The minimum absolute atomic E-state index is 0.548. The quantitative estimate of drug-likeness (QED) is 0.479. The summed E-state index contributed by atoms with van der Waals surface area (Å²) in [7, 11) is 1.64. The zero-order chi connectivity index (χ0) is 18.4. The van der Waals surface area contributed by atoms with Gasteiger partial charge >= 0.3 is 0 Å². The van der Waals surface area contributed by atoms with Crippen LogP contribution in [0.3, 0.4) is 0 Å². The van der Waals surface area contributed by atoms with Crippen molar-refractivity contribution in [1.29, 1.82) is 0 Å². The first-order chi connectivity index (χ1) is 13.2. The highest BCUT2D eigenvalue weighted by molar-refractivity contribution is 6.33. The molecule has 8 heteroatoms. The van der Waals surface area contributed by atoms with Crippen molar-refractivity contribution in [3.63, 3.8) is 0 Å². The molecule has 0 saturated heterocycles. The van der Waals surface area contributed by atoms with Gasteiger partial charge in [-0.3, -0.25) is 0 Å². The molecule has 3 heterocycles. The topological polar surface area (TPSA) is 70.1 Å². The highest BCUT2D eigenvalue weighted by Gasteiger charge is 2.15. The van der Waals surface area contributed by atoms with E-state index in [4.69, 9.17) is 16.3 Å². The lowest BCUT2D eigenvalue weighted by atomic mass is 10.2. The normalized spacial score (nSPS) is 11.3. The number of halogens is 1. The Morgan fingerprint density at radius 3 is 2.59 bits per heavy atom. The van der Waals surface area contributed by atoms with Gasteiger partial charge in [-0.15, -0.1) is 5.10 Å². The van der Waals surface area contributed by atoms with E-state index in [9.17, 15) is 0 Å². The minimum atomic E-state index is 0.548. The van der Waals surface area contributed by atoms with Crippen molar-refractivity contribution in [2.75, 3.05) is 7.11 Å². The Labute approximate surface area is 158 Å². The molecule has 0 amide bonds. The van der Waals surface area contributed by atoms with Gasteiger partial charge in [0.2, 0.25) is 0 Å². The number of rotatable bonds is 3. The lowest BCUT2D eigenvalue weighted by Gasteiger charge is -2.04. The van der Waals surface area contributed by atoms with Crippen molar-refractivity contribution in [2.24, 2.45) is 0 Å². The van der Waals surface area contributed by atoms with Gasteiger partial charge in [-0.05, 0) is 36.4 Å². The Morgan fingerprint density at radius 2 is 1.81 bits per heavy atom. The molecule has 0 aliphatic heterocycles. The van der Waals surface area contributed by atoms with Crippen LogP contribution in [-0.4, -0.2) is 36.5 Å². The SMILES string of the molecule is COc1ccc(-n2ncc3c2ncn2nc(-c4ccccc4Cl)nc32)cc1. The fourth-order valence-electron chi connectivity index (χ4n) is 2.99. The van der Waals surface area contributed by atoms with E-state index in [1.54, 1.807) is 28.8 Å². The third-order valence-corrected chi connectivity index (χ3v) is 4.67. The van der Waals surface area contributed by atoms with Gasteiger partial charge in [0.1, 0.15) is 12.1 Å². The van der Waals surface area contributed by atoms with Gasteiger partial charge in [0.25, 0.3) is 0 Å². The molecule has 132 valence electrons. The van der Waals surface area contributed by atoms with Crippen molar-refractivity contribution in [3.8, 4) is 22.8 Å². The molecule has 7 nitrogen and oxygen atoms in total. The molecule has 27 heavy (non-hydrogen) atoms. The van der Waals surface area contributed by atoms with Crippen LogP contribution in [0.15, 0.2) is 61.1 Å². The molecule has 0 unspecified atom stereocenters. The summed E-state index contributed by atoms with van der Waals surface area (Å²) in [5, 5.41) is 10.4. The maximum atomic E-state index is 6.28. The highest BCUT2D eigenvalue weighted by atomic mass is 35.5. The van der Waals surface area contributed by atoms with Crippen molar-refractivity contribution >= 4 is 28.3 Å². The second kappa shape index (κ2) is 6.07. The predicted octanol–water partition coefficient (Wildman–Crippen LogP) is 3.79. The molecule has 3 aromatic heterocycles. The molecular formula is C19H13ClN6O. The van der Waals surface area contributed by atoms with E-state index in [0.29, 0.717) is 22.1 Å². The molecule has 0 fully saturated rings. The van der Waals surface area contributed by atoms with Gasteiger partial charge in [0, 0.05) is 5.56 Å². The van der Waals surface area contributed by atoms with Crippen LogP contribution in [0.4, 0.5) is 0 Å². The summed E-state index contributed by atoms with van der Waals surface area (Å²) in [6.07, 6.45) is 3.37. The summed E-state index contributed by atoms with van der Waals surface area (Å²) >= 11 is 6.28. The second-order valence-electron chi connectivity index (χ2n) is 5.92. The van der Waals surface area contributed by atoms with E-state index in [2.05, 4.69) is 20.2 Å². The zero-order valence-electron chi connectivity index (χ0n) is 14.2. The van der Waals surface area contributed by atoms with Crippen LogP contribution in [0.1, 0.15) is 0 Å². The summed E-state index contributed by atoms with van der Waals surface area (Å²) in [6, 6.07) is 15.1. The van der Waals surface area contributed by atoms with E-state index in [1.165, 1.54) is 0 Å². The smallest absolute Gasteiger partial charge is 0.183 e. The van der Waals surface area contributed by atoms with Gasteiger partial charge in [0.05, 0.1) is 29.4 Å². The van der Waals surface area contributed by atoms with Crippen LogP contribution >= 0.6 is 11.6 Å². The molecule has 0 aliphatic rings. The highest BCUT2D eigenvalue weighted by Crippen LogP contribution is 2.27. The van der Waals surface area contributed by atoms with E-state index >= 15 is 0 Å². The summed E-state index contributed by atoms with van der Waals surface area (Å²) in [5.74, 6) is 1.33. The largest absolute Gasteiger partial charge is 0.497 e. The van der Waals surface area contributed by atoms with Crippen molar-refractivity contribution in [1.82, 2.24) is 29.4 Å². The maximum absolute atomic E-state index is 6.28. The molecule has 0 spiro atoms. The summed E-state index contributed by atoms with van der Waals surface area (Å²) in [4.78, 5) is 9.17. The fraction of sp³-hybridized carbons (Fsp3) is 0.0526. The number of benzene rings is 2. The van der Waals surface area contributed by atoms with Crippen molar-refractivity contribution in [3.05, 3.63) is 66.1 Å². The van der Waals surface area contributed by atoms with Gasteiger partial charge in [-0.25, -0.2) is 19.2 Å². The average Bonchev–Trinajstić information content (AvgIpc) is 3.32. The Morgan fingerprint density at radius 1 is 1.00 bits per heavy atom. The average molecular weight is 377 g/mol. The van der Waals surface area contributed by atoms with Crippen LogP contribution in [0.25, 0.3) is 33.8 Å². The minimum Gasteiger partial charge on any atom is -0.497 e. The monoisotopic (exact) mass is 376 g/mol. The molecular weight excluding hydrogens is 364 g/mol.